The van der Waals surface area contributed by atoms with Crippen LogP contribution >= 0.6 is 12.2 Å². The van der Waals surface area contributed by atoms with Gasteiger partial charge in [-0.2, -0.15) is 0 Å². The summed E-state index contributed by atoms with van der Waals surface area (Å²) < 4.78 is 0. The highest BCUT2D eigenvalue weighted by Crippen LogP contribution is 2.12. The first-order valence-corrected chi connectivity index (χ1v) is 4.08. The lowest BCUT2D eigenvalue weighted by Gasteiger charge is -2.16. The first-order valence-electron chi connectivity index (χ1n) is 3.67. The smallest absolute Gasteiger partial charge is 0.145 e. The van der Waals surface area contributed by atoms with Crippen LogP contribution in [-0.4, -0.2) is 22.3 Å². The van der Waals surface area contributed by atoms with Crippen molar-refractivity contribution in [3.63, 3.8) is 0 Å². The van der Waals surface area contributed by atoms with E-state index in [9.17, 15) is 4.79 Å². The summed E-state index contributed by atoms with van der Waals surface area (Å²) in [5, 5.41) is 0. The molecule has 0 aromatic heterocycles. The maximum atomic E-state index is 11.1. The Bertz CT molecular complexity index is 304. The summed E-state index contributed by atoms with van der Waals surface area (Å²) in [6.07, 6.45) is 0. The fourth-order valence-electron chi connectivity index (χ4n) is 1.22. The Morgan fingerprint density at radius 2 is 2.00 bits per heavy atom. The molecule has 0 amide bonds. The second kappa shape index (κ2) is 3.23. The fourth-order valence-corrected chi connectivity index (χ4v) is 1.68. The third-order valence-electron chi connectivity index (χ3n) is 1.68. The lowest BCUT2D eigenvalue weighted by atomic mass is 9.99. The molecule has 1 unspecified atom stereocenters. The van der Waals surface area contributed by atoms with Crippen molar-refractivity contribution < 1.29 is 4.79 Å². The average Bonchev–Trinajstić information content (AvgIpc) is 1.82. The number of carbonyl (C=O) groups excluding carboxylic acids is 1. The van der Waals surface area contributed by atoms with Gasteiger partial charge in [0.05, 0.1) is 0 Å². The molecule has 0 saturated heterocycles. The van der Waals surface area contributed by atoms with E-state index < -0.39 is 0 Å². The Hall–Kier alpha value is -0.900. The van der Waals surface area contributed by atoms with Crippen molar-refractivity contribution in [1.29, 1.82) is 0 Å². The maximum Gasteiger partial charge on any atom is 0.145 e. The lowest BCUT2D eigenvalue weighted by Crippen LogP contribution is -2.30. The molecule has 1 heterocycles. The number of hydrogen-bond acceptors (Lipinski definition) is 3. The number of rotatable bonds is 1. The number of nitrogens with zero attached hydrogens (tertiary/aromatic N) is 2. The monoisotopic (exact) mass is 182 g/mol. The Labute approximate surface area is 76.6 Å². The molecule has 12 heavy (non-hydrogen) atoms. The van der Waals surface area contributed by atoms with E-state index in [1.54, 1.807) is 13.8 Å². The highest BCUT2D eigenvalue weighted by Gasteiger charge is 2.25. The normalized spacial score (nSPS) is 23.2. The number of hydrogen-bond donors (Lipinski definition) is 0. The molecule has 0 saturated carbocycles. The molecule has 4 heteroatoms. The average molecular weight is 182 g/mol. The predicted molar refractivity (Wildman–Crippen MR) is 53.0 cm³/mol. The van der Waals surface area contributed by atoms with Crippen molar-refractivity contribution >= 4 is 34.5 Å². The molecule has 1 aliphatic rings. The van der Waals surface area contributed by atoms with Crippen molar-refractivity contribution in [2.45, 2.75) is 20.8 Å². The summed E-state index contributed by atoms with van der Waals surface area (Å²) in [6.45, 7) is 5.08. The van der Waals surface area contributed by atoms with E-state index in [4.69, 9.17) is 12.2 Å². The highest BCUT2D eigenvalue weighted by atomic mass is 32.1. The molecule has 64 valence electrons. The van der Waals surface area contributed by atoms with Gasteiger partial charge in [-0.25, -0.2) is 9.98 Å². The minimum atomic E-state index is -0.372. The van der Waals surface area contributed by atoms with Gasteiger partial charge in [0.1, 0.15) is 22.5 Å². The third-order valence-corrected chi connectivity index (χ3v) is 2.01. The van der Waals surface area contributed by atoms with Crippen molar-refractivity contribution in [3.8, 4) is 0 Å². The van der Waals surface area contributed by atoms with E-state index in [0.29, 0.717) is 10.8 Å². The highest BCUT2D eigenvalue weighted by molar-refractivity contribution is 7.80. The van der Waals surface area contributed by atoms with E-state index in [1.807, 2.05) is 0 Å². The molecule has 0 bridgehead atoms. The van der Waals surface area contributed by atoms with Gasteiger partial charge in [-0.3, -0.25) is 4.79 Å². The summed E-state index contributed by atoms with van der Waals surface area (Å²) in [4.78, 5) is 19.6. The van der Waals surface area contributed by atoms with Gasteiger partial charge in [0.25, 0.3) is 0 Å². The molecule has 3 nitrogen and oxygen atoms in total. The molecule has 1 aliphatic heterocycles. The van der Waals surface area contributed by atoms with Crippen LogP contribution in [0.3, 0.4) is 0 Å². The standard InChI is InChI=1S/C8H10N2OS/c1-4-7(5(2)11)8(12)10-6(3)9-4/h7H,1-3H3. The van der Waals surface area contributed by atoms with Gasteiger partial charge in [-0.1, -0.05) is 12.2 Å². The van der Waals surface area contributed by atoms with Crippen LogP contribution in [0.4, 0.5) is 0 Å². The molecule has 0 aromatic carbocycles. The van der Waals surface area contributed by atoms with Crippen molar-refractivity contribution in [2.24, 2.45) is 15.9 Å². The van der Waals surface area contributed by atoms with Crippen molar-refractivity contribution in [2.75, 3.05) is 0 Å². The molecule has 1 atom stereocenters. The first-order chi connectivity index (χ1) is 5.52. The predicted octanol–water partition coefficient (Wildman–Crippen LogP) is 1.41. The van der Waals surface area contributed by atoms with Crippen molar-refractivity contribution in [3.05, 3.63) is 0 Å². The molecule has 0 fully saturated rings. The molecule has 0 spiro atoms. The van der Waals surface area contributed by atoms with Crippen LogP contribution in [0.2, 0.25) is 0 Å². The molecule has 0 radical (unpaired) electrons. The van der Waals surface area contributed by atoms with E-state index in [0.717, 1.165) is 5.71 Å². The molecule has 0 N–H and O–H groups in total. The van der Waals surface area contributed by atoms with Gasteiger partial charge in [-0.05, 0) is 20.8 Å². The largest absolute Gasteiger partial charge is 0.299 e. The number of carbonyl (C=O) groups is 1. The van der Waals surface area contributed by atoms with Crippen LogP contribution in [0.1, 0.15) is 20.8 Å². The molecular formula is C8H10N2OS. The van der Waals surface area contributed by atoms with Gasteiger partial charge in [0, 0.05) is 5.71 Å². The van der Waals surface area contributed by atoms with Gasteiger partial charge >= 0.3 is 0 Å². The molecule has 1 rings (SSSR count). The first kappa shape index (κ1) is 9.19. The number of amidine groups is 1. The van der Waals surface area contributed by atoms with Gasteiger partial charge in [-0.15, -0.1) is 0 Å². The Balaban J connectivity index is 3.03. The van der Waals surface area contributed by atoms with Crippen LogP contribution < -0.4 is 0 Å². The maximum absolute atomic E-state index is 11.1. The van der Waals surface area contributed by atoms with Gasteiger partial charge in [0.2, 0.25) is 0 Å². The van der Waals surface area contributed by atoms with E-state index in [1.165, 1.54) is 6.92 Å². The second-order valence-electron chi connectivity index (χ2n) is 2.79. The molecule has 0 aromatic rings. The zero-order valence-electron chi connectivity index (χ0n) is 7.29. The van der Waals surface area contributed by atoms with Crippen LogP contribution in [0.25, 0.3) is 0 Å². The minimum Gasteiger partial charge on any atom is -0.299 e. The topological polar surface area (TPSA) is 41.8 Å². The quantitative estimate of drug-likeness (QED) is 0.575. The van der Waals surface area contributed by atoms with E-state index in [2.05, 4.69) is 9.98 Å². The number of aliphatic imine (C=N–C) groups is 2. The summed E-state index contributed by atoms with van der Waals surface area (Å²) in [5.41, 5.74) is 0.750. The Morgan fingerprint density at radius 3 is 2.42 bits per heavy atom. The van der Waals surface area contributed by atoms with E-state index >= 15 is 0 Å². The lowest BCUT2D eigenvalue weighted by molar-refractivity contribution is -0.117. The minimum absolute atomic E-state index is 0.0116. The Kier molecular flexibility index (Phi) is 2.47. The van der Waals surface area contributed by atoms with Gasteiger partial charge < -0.3 is 0 Å². The van der Waals surface area contributed by atoms with Gasteiger partial charge in [0.15, 0.2) is 0 Å². The number of ketones is 1. The summed E-state index contributed by atoms with van der Waals surface area (Å²) in [6, 6.07) is 0. The molecular weight excluding hydrogens is 172 g/mol. The summed E-state index contributed by atoms with van der Waals surface area (Å²) in [5.74, 6) is 0.274. The third kappa shape index (κ3) is 1.64. The number of thiocarbonyl (C=S) groups is 1. The van der Waals surface area contributed by atoms with Crippen molar-refractivity contribution in [1.82, 2.24) is 0 Å². The second-order valence-corrected chi connectivity index (χ2v) is 3.21. The molecule has 0 aliphatic carbocycles. The van der Waals surface area contributed by atoms with Crippen LogP contribution in [0.15, 0.2) is 9.98 Å². The van der Waals surface area contributed by atoms with Crippen LogP contribution in [0, 0.1) is 5.92 Å². The summed E-state index contributed by atoms with van der Waals surface area (Å²) >= 11 is 4.97. The Morgan fingerprint density at radius 1 is 1.42 bits per heavy atom. The fraction of sp³-hybridized carbons (Fsp3) is 0.500. The number of Topliss-reactive ketones (excluding diaryl/α,β-unsaturated/α-hetero) is 1. The van der Waals surface area contributed by atoms with E-state index in [-0.39, 0.29) is 11.7 Å². The SMILES string of the molecule is CC(=O)C1C(=S)N=C(C)N=C1C. The zero-order valence-corrected chi connectivity index (χ0v) is 8.10. The summed E-state index contributed by atoms with van der Waals surface area (Å²) in [7, 11) is 0. The van der Waals surface area contributed by atoms with Crippen LogP contribution in [-0.2, 0) is 4.79 Å². The van der Waals surface area contributed by atoms with Crippen LogP contribution in [0.5, 0.6) is 0 Å². The zero-order chi connectivity index (χ0) is 9.30.